The van der Waals surface area contributed by atoms with Crippen molar-refractivity contribution in [3.63, 3.8) is 0 Å². The molecular formula is C15H15BrFNOS. The van der Waals surface area contributed by atoms with Crippen molar-refractivity contribution in [2.45, 2.75) is 19.9 Å². The van der Waals surface area contributed by atoms with E-state index < -0.39 is 11.7 Å². The molecule has 0 aliphatic carbocycles. The van der Waals surface area contributed by atoms with E-state index in [1.165, 1.54) is 6.07 Å². The molecule has 1 N–H and O–H groups in total. The molecule has 20 heavy (non-hydrogen) atoms. The third-order valence-corrected chi connectivity index (χ3v) is 4.61. The first-order valence-electron chi connectivity index (χ1n) is 6.29. The van der Waals surface area contributed by atoms with Gasteiger partial charge in [-0.1, -0.05) is 26.0 Å². The third-order valence-electron chi connectivity index (χ3n) is 2.99. The number of nitrogens with one attached hydrogen (secondary N) is 1. The molecule has 106 valence electrons. The van der Waals surface area contributed by atoms with E-state index in [1.54, 1.807) is 23.5 Å². The van der Waals surface area contributed by atoms with Gasteiger partial charge in [-0.25, -0.2) is 4.39 Å². The molecular weight excluding hydrogens is 341 g/mol. The van der Waals surface area contributed by atoms with Gasteiger partial charge in [0.25, 0.3) is 5.91 Å². The summed E-state index contributed by atoms with van der Waals surface area (Å²) in [6, 6.07) is 8.32. The Kier molecular flexibility index (Phi) is 4.94. The Bertz CT molecular complexity index is 578. The summed E-state index contributed by atoms with van der Waals surface area (Å²) in [5.74, 6) is -0.698. The quantitative estimate of drug-likeness (QED) is 0.840. The summed E-state index contributed by atoms with van der Waals surface area (Å²) in [6.45, 7) is 4.06. The molecule has 5 heteroatoms. The van der Waals surface area contributed by atoms with Gasteiger partial charge < -0.3 is 5.32 Å². The van der Waals surface area contributed by atoms with Crippen molar-refractivity contribution >= 4 is 33.2 Å². The number of carbonyl (C=O) groups excluding carboxylic acids is 1. The molecule has 0 saturated carbocycles. The molecule has 2 rings (SSSR count). The first-order valence-corrected chi connectivity index (χ1v) is 7.96. The summed E-state index contributed by atoms with van der Waals surface area (Å²) in [5, 5.41) is 4.89. The molecule has 0 radical (unpaired) electrons. The molecule has 2 aromatic rings. The lowest BCUT2D eigenvalue weighted by molar-refractivity contribution is 0.0921. The van der Waals surface area contributed by atoms with Crippen LogP contribution in [0.2, 0.25) is 0 Å². The number of hydrogen-bond acceptors (Lipinski definition) is 2. The van der Waals surface area contributed by atoms with Gasteiger partial charge >= 0.3 is 0 Å². The summed E-state index contributed by atoms with van der Waals surface area (Å²) in [5.41, 5.74) is 0.0507. The van der Waals surface area contributed by atoms with E-state index in [-0.39, 0.29) is 17.5 Å². The van der Waals surface area contributed by atoms with Gasteiger partial charge in [0.05, 0.1) is 11.6 Å². The van der Waals surface area contributed by atoms with Gasteiger partial charge in [0.2, 0.25) is 0 Å². The molecule has 0 aliphatic heterocycles. The van der Waals surface area contributed by atoms with Crippen LogP contribution in [0.25, 0.3) is 0 Å². The predicted octanol–water partition coefficient (Wildman–Crippen LogP) is 4.78. The van der Waals surface area contributed by atoms with E-state index in [2.05, 4.69) is 21.2 Å². The second kappa shape index (κ2) is 6.50. The smallest absolute Gasteiger partial charge is 0.255 e. The molecule has 0 bridgehead atoms. The molecule has 0 aliphatic rings. The maximum Gasteiger partial charge on any atom is 0.255 e. The number of amides is 1. The summed E-state index contributed by atoms with van der Waals surface area (Å²) >= 11 is 4.81. The highest BCUT2D eigenvalue weighted by Crippen LogP contribution is 2.27. The average Bonchev–Trinajstić information content (AvgIpc) is 2.88. The fraction of sp³-hybridized carbons (Fsp3) is 0.267. The van der Waals surface area contributed by atoms with Crippen LogP contribution in [0.15, 0.2) is 40.2 Å². The van der Waals surface area contributed by atoms with Crippen molar-refractivity contribution in [2.24, 2.45) is 5.92 Å². The molecule has 1 heterocycles. The maximum atomic E-state index is 13.8. The van der Waals surface area contributed by atoms with E-state index >= 15 is 0 Å². The second-order valence-electron chi connectivity index (χ2n) is 4.81. The summed E-state index contributed by atoms with van der Waals surface area (Å²) in [4.78, 5) is 13.4. The minimum atomic E-state index is -0.523. The van der Waals surface area contributed by atoms with E-state index in [0.29, 0.717) is 4.47 Å². The number of rotatable bonds is 4. The minimum absolute atomic E-state index is 0.0507. The Labute approximate surface area is 130 Å². The molecule has 1 unspecified atom stereocenters. The molecule has 1 atom stereocenters. The standard InChI is InChI=1S/C15H15BrFNOS/c1-9(2)14(12-7-4-8-20-12)18-15(19)13-10(16)5-3-6-11(13)17/h3-9,14H,1-2H3,(H,18,19). The van der Waals surface area contributed by atoms with Gasteiger partial charge in [-0.2, -0.15) is 0 Å². The predicted molar refractivity (Wildman–Crippen MR) is 83.5 cm³/mol. The van der Waals surface area contributed by atoms with Gasteiger partial charge in [0, 0.05) is 9.35 Å². The van der Waals surface area contributed by atoms with Crippen LogP contribution in [0.3, 0.4) is 0 Å². The molecule has 0 spiro atoms. The van der Waals surface area contributed by atoms with Crippen LogP contribution in [-0.4, -0.2) is 5.91 Å². The van der Waals surface area contributed by atoms with E-state index in [9.17, 15) is 9.18 Å². The highest BCUT2D eigenvalue weighted by molar-refractivity contribution is 9.10. The lowest BCUT2D eigenvalue weighted by Crippen LogP contribution is -2.32. The van der Waals surface area contributed by atoms with Crippen LogP contribution in [-0.2, 0) is 0 Å². The van der Waals surface area contributed by atoms with Gasteiger partial charge in [0.15, 0.2) is 0 Å². The Hall–Kier alpha value is -1.20. The number of hydrogen-bond donors (Lipinski definition) is 1. The first-order chi connectivity index (χ1) is 9.50. The molecule has 2 nitrogen and oxygen atoms in total. The zero-order valence-corrected chi connectivity index (χ0v) is 13.6. The van der Waals surface area contributed by atoms with E-state index in [0.717, 1.165) is 4.88 Å². The van der Waals surface area contributed by atoms with Crippen molar-refractivity contribution in [3.8, 4) is 0 Å². The van der Waals surface area contributed by atoms with Crippen molar-refractivity contribution in [2.75, 3.05) is 0 Å². The number of benzene rings is 1. The third kappa shape index (κ3) is 3.27. The van der Waals surface area contributed by atoms with Gasteiger partial charge in [-0.3, -0.25) is 4.79 Å². The largest absolute Gasteiger partial charge is 0.344 e. The van der Waals surface area contributed by atoms with Crippen LogP contribution in [0, 0.1) is 11.7 Å². The molecule has 1 aromatic heterocycles. The molecule has 1 amide bonds. The minimum Gasteiger partial charge on any atom is -0.344 e. The Morgan fingerprint density at radius 3 is 2.60 bits per heavy atom. The van der Waals surface area contributed by atoms with Crippen LogP contribution in [0.4, 0.5) is 4.39 Å². The van der Waals surface area contributed by atoms with Crippen molar-refractivity contribution in [3.05, 3.63) is 56.4 Å². The van der Waals surface area contributed by atoms with Crippen LogP contribution in [0.5, 0.6) is 0 Å². The number of thiophene rings is 1. The summed E-state index contributed by atoms with van der Waals surface area (Å²) in [7, 11) is 0. The van der Waals surface area contributed by atoms with Crippen LogP contribution in [0.1, 0.15) is 35.1 Å². The topological polar surface area (TPSA) is 29.1 Å². The Morgan fingerprint density at radius 2 is 2.05 bits per heavy atom. The lowest BCUT2D eigenvalue weighted by atomic mass is 10.0. The van der Waals surface area contributed by atoms with Gasteiger partial charge in [-0.15, -0.1) is 11.3 Å². The number of carbonyl (C=O) groups is 1. The van der Waals surface area contributed by atoms with Crippen molar-refractivity contribution < 1.29 is 9.18 Å². The van der Waals surface area contributed by atoms with E-state index in [4.69, 9.17) is 0 Å². The summed E-state index contributed by atoms with van der Waals surface area (Å²) in [6.07, 6.45) is 0. The highest BCUT2D eigenvalue weighted by Gasteiger charge is 2.23. The fourth-order valence-corrected chi connectivity index (χ4v) is 3.43. The maximum absolute atomic E-state index is 13.8. The molecule has 0 saturated heterocycles. The molecule has 0 fully saturated rings. The van der Waals surface area contributed by atoms with Gasteiger partial charge in [0.1, 0.15) is 5.82 Å². The fourth-order valence-electron chi connectivity index (χ4n) is 1.96. The Balaban J connectivity index is 2.26. The number of halogens is 2. The van der Waals surface area contributed by atoms with Crippen molar-refractivity contribution in [1.82, 2.24) is 5.32 Å². The lowest BCUT2D eigenvalue weighted by Gasteiger charge is -2.21. The van der Waals surface area contributed by atoms with E-state index in [1.807, 2.05) is 31.4 Å². The summed E-state index contributed by atoms with van der Waals surface area (Å²) < 4.78 is 14.3. The molecule has 1 aromatic carbocycles. The first kappa shape index (κ1) is 15.2. The van der Waals surface area contributed by atoms with Crippen LogP contribution < -0.4 is 5.32 Å². The van der Waals surface area contributed by atoms with Crippen LogP contribution >= 0.6 is 27.3 Å². The second-order valence-corrected chi connectivity index (χ2v) is 6.64. The van der Waals surface area contributed by atoms with Gasteiger partial charge in [-0.05, 0) is 45.4 Å². The monoisotopic (exact) mass is 355 g/mol. The average molecular weight is 356 g/mol. The Morgan fingerprint density at radius 1 is 1.30 bits per heavy atom. The normalized spacial score (nSPS) is 12.4. The SMILES string of the molecule is CC(C)C(NC(=O)c1c(F)cccc1Br)c1cccs1. The zero-order valence-electron chi connectivity index (χ0n) is 11.2. The van der Waals surface area contributed by atoms with Crippen molar-refractivity contribution in [1.29, 1.82) is 0 Å². The highest BCUT2D eigenvalue weighted by atomic mass is 79.9. The zero-order chi connectivity index (χ0) is 14.7.